The molecule has 1 aliphatic heterocycles. The maximum Gasteiger partial charge on any atom is 0.137 e. The van der Waals surface area contributed by atoms with Crippen molar-refractivity contribution in [3.05, 3.63) is 76.7 Å². The Balaban J connectivity index is 1.59. The molecule has 4 nitrogen and oxygen atoms in total. The first kappa shape index (κ1) is 20.8. The second-order valence-corrected chi connectivity index (χ2v) is 10.3. The van der Waals surface area contributed by atoms with Gasteiger partial charge in [-0.25, -0.2) is 4.99 Å². The van der Waals surface area contributed by atoms with Gasteiger partial charge in [-0.15, -0.1) is 11.3 Å². The van der Waals surface area contributed by atoms with Gasteiger partial charge in [0.25, 0.3) is 0 Å². The van der Waals surface area contributed by atoms with E-state index in [4.69, 9.17) is 0 Å². The normalized spacial score (nSPS) is 14.1. The minimum atomic E-state index is 0.226. The first-order chi connectivity index (χ1) is 14.0. The number of aliphatic imine (C=N–C) groups is 1. The van der Waals surface area contributed by atoms with Crippen LogP contribution in [0.3, 0.4) is 0 Å². The molecule has 0 spiro atoms. The van der Waals surface area contributed by atoms with Gasteiger partial charge in [0, 0.05) is 39.9 Å². The van der Waals surface area contributed by atoms with Crippen LogP contribution in [0.4, 0.5) is 5.00 Å². The van der Waals surface area contributed by atoms with E-state index in [0.29, 0.717) is 11.1 Å². The van der Waals surface area contributed by atoms with Crippen molar-refractivity contribution in [1.82, 2.24) is 4.90 Å². The lowest BCUT2D eigenvalue weighted by Gasteiger charge is -2.26. The number of phenols is 1. The molecule has 7 heteroatoms. The van der Waals surface area contributed by atoms with Crippen LogP contribution in [0.5, 0.6) is 5.75 Å². The lowest BCUT2D eigenvalue weighted by Crippen LogP contribution is -2.29. The summed E-state index contributed by atoms with van der Waals surface area (Å²) in [5, 5.41) is 20.7. The zero-order chi connectivity index (χ0) is 20.4. The van der Waals surface area contributed by atoms with Crippen LogP contribution in [0, 0.1) is 18.5 Å². The number of hydrogen-bond donors (Lipinski definition) is 1. The van der Waals surface area contributed by atoms with Gasteiger partial charge >= 0.3 is 0 Å². The summed E-state index contributed by atoms with van der Waals surface area (Å²) in [6.07, 6.45) is 2.53. The van der Waals surface area contributed by atoms with Crippen molar-refractivity contribution in [2.24, 2.45) is 4.99 Å². The average Bonchev–Trinajstić information content (AvgIpc) is 3.07. The van der Waals surface area contributed by atoms with E-state index < -0.39 is 0 Å². The standard InChI is InChI=1S/C22H17I2N3OS/c23-16-8-15(21(28)19(24)9-16)11-26-22-18(10-25)17-6-7-27(13-20(17)29-22)12-14-4-2-1-3-5-14/h1-5,8-9,11,28H,6-7,12-13H2. The number of rotatable bonds is 4. The van der Waals surface area contributed by atoms with E-state index in [1.54, 1.807) is 17.6 Å². The van der Waals surface area contributed by atoms with Crippen molar-refractivity contribution >= 4 is 67.7 Å². The van der Waals surface area contributed by atoms with E-state index in [2.05, 4.69) is 85.4 Å². The molecule has 0 saturated heterocycles. The molecule has 2 heterocycles. The molecular weight excluding hydrogens is 608 g/mol. The highest BCUT2D eigenvalue weighted by molar-refractivity contribution is 14.1. The Hall–Kier alpha value is -1.48. The van der Waals surface area contributed by atoms with Gasteiger partial charge in [0.15, 0.2) is 0 Å². The summed E-state index contributed by atoms with van der Waals surface area (Å²) in [6.45, 7) is 2.69. The Morgan fingerprint density at radius 3 is 2.79 bits per heavy atom. The van der Waals surface area contributed by atoms with E-state index in [1.807, 2.05) is 18.2 Å². The molecule has 1 aromatic heterocycles. The van der Waals surface area contributed by atoms with Crippen LogP contribution in [0.1, 0.15) is 27.1 Å². The number of fused-ring (bicyclic) bond motifs is 1. The van der Waals surface area contributed by atoms with E-state index in [0.717, 1.165) is 43.8 Å². The molecule has 2 aromatic carbocycles. The molecule has 29 heavy (non-hydrogen) atoms. The van der Waals surface area contributed by atoms with Gasteiger partial charge in [-0.2, -0.15) is 5.26 Å². The van der Waals surface area contributed by atoms with Crippen molar-refractivity contribution in [1.29, 1.82) is 5.26 Å². The van der Waals surface area contributed by atoms with Gasteiger partial charge in [0.1, 0.15) is 16.8 Å². The fourth-order valence-electron chi connectivity index (χ4n) is 3.44. The van der Waals surface area contributed by atoms with Crippen LogP contribution < -0.4 is 0 Å². The van der Waals surface area contributed by atoms with Crippen LogP contribution in [0.2, 0.25) is 0 Å². The number of nitriles is 1. The molecule has 4 rings (SSSR count). The molecule has 0 radical (unpaired) electrons. The molecule has 0 atom stereocenters. The molecule has 1 aliphatic rings. The molecule has 1 N–H and O–H groups in total. The first-order valence-corrected chi connectivity index (χ1v) is 12.1. The minimum Gasteiger partial charge on any atom is -0.506 e. The number of thiophene rings is 1. The topological polar surface area (TPSA) is 59.6 Å². The van der Waals surface area contributed by atoms with E-state index in [1.165, 1.54) is 10.4 Å². The quantitative estimate of drug-likeness (QED) is 0.293. The van der Waals surface area contributed by atoms with Crippen LogP contribution in [-0.4, -0.2) is 22.8 Å². The second-order valence-electron chi connectivity index (χ2n) is 6.83. The molecule has 3 aromatic rings. The number of halogens is 2. The summed E-state index contributed by atoms with van der Waals surface area (Å²) in [5.41, 5.74) is 3.79. The molecule has 0 unspecified atom stereocenters. The number of phenolic OH excluding ortho intramolecular Hbond substituents is 1. The summed E-state index contributed by atoms with van der Waals surface area (Å²) >= 11 is 5.92. The molecule has 146 valence electrons. The van der Waals surface area contributed by atoms with E-state index in [9.17, 15) is 10.4 Å². The zero-order valence-corrected chi connectivity index (χ0v) is 20.5. The van der Waals surface area contributed by atoms with Crippen LogP contribution >= 0.6 is 56.5 Å². The minimum absolute atomic E-state index is 0.226. The number of nitrogens with zero attached hydrogens (tertiary/aromatic N) is 3. The predicted octanol–water partition coefficient (Wildman–Crippen LogP) is 5.84. The number of hydrogen-bond acceptors (Lipinski definition) is 5. The Labute approximate surface area is 201 Å². The number of aromatic hydroxyl groups is 1. The third-order valence-electron chi connectivity index (χ3n) is 4.86. The summed E-state index contributed by atoms with van der Waals surface area (Å²) < 4.78 is 1.83. The van der Waals surface area contributed by atoms with E-state index in [-0.39, 0.29) is 5.75 Å². The lowest BCUT2D eigenvalue weighted by molar-refractivity contribution is 0.249. The molecule has 0 saturated carbocycles. The average molecular weight is 625 g/mol. The van der Waals surface area contributed by atoms with Crippen molar-refractivity contribution < 1.29 is 5.11 Å². The van der Waals surface area contributed by atoms with Gasteiger partial charge < -0.3 is 5.11 Å². The second kappa shape index (κ2) is 9.12. The summed E-state index contributed by atoms with van der Waals surface area (Å²) in [5.74, 6) is 0.226. The SMILES string of the molecule is N#Cc1c(N=Cc2cc(I)cc(I)c2O)sc2c1CCN(Cc1ccccc1)C2. The highest BCUT2D eigenvalue weighted by Gasteiger charge is 2.24. The van der Waals surface area contributed by atoms with Gasteiger partial charge in [-0.3, -0.25) is 4.90 Å². The van der Waals surface area contributed by atoms with Crippen molar-refractivity contribution in [2.45, 2.75) is 19.5 Å². The monoisotopic (exact) mass is 625 g/mol. The van der Waals surface area contributed by atoms with Crippen LogP contribution in [0.25, 0.3) is 0 Å². The van der Waals surface area contributed by atoms with E-state index >= 15 is 0 Å². The highest BCUT2D eigenvalue weighted by atomic mass is 127. The lowest BCUT2D eigenvalue weighted by atomic mass is 10.0. The molecular formula is C22H17I2N3OS. The van der Waals surface area contributed by atoms with Crippen molar-refractivity contribution in [3.63, 3.8) is 0 Å². The largest absolute Gasteiger partial charge is 0.506 e. The fraction of sp³-hybridized carbons (Fsp3) is 0.182. The Kier molecular flexibility index (Phi) is 6.53. The smallest absolute Gasteiger partial charge is 0.137 e. The molecule has 0 aliphatic carbocycles. The number of benzene rings is 2. The van der Waals surface area contributed by atoms with Gasteiger partial charge in [0.2, 0.25) is 0 Å². The maximum atomic E-state index is 10.3. The van der Waals surface area contributed by atoms with Crippen molar-refractivity contribution in [3.8, 4) is 11.8 Å². The Morgan fingerprint density at radius 1 is 1.24 bits per heavy atom. The van der Waals surface area contributed by atoms with Gasteiger partial charge in [0.05, 0.1) is 9.13 Å². The highest BCUT2D eigenvalue weighted by Crippen LogP contribution is 2.39. The maximum absolute atomic E-state index is 10.3. The Bertz CT molecular complexity index is 1120. The summed E-state index contributed by atoms with van der Waals surface area (Å²) in [7, 11) is 0. The Morgan fingerprint density at radius 2 is 2.03 bits per heavy atom. The van der Waals surface area contributed by atoms with Gasteiger partial charge in [-0.05, 0) is 74.9 Å². The van der Waals surface area contributed by atoms with Gasteiger partial charge in [-0.1, -0.05) is 30.3 Å². The van der Waals surface area contributed by atoms with Crippen LogP contribution in [-0.2, 0) is 19.5 Å². The first-order valence-electron chi connectivity index (χ1n) is 9.08. The third-order valence-corrected chi connectivity index (χ3v) is 7.43. The summed E-state index contributed by atoms with van der Waals surface area (Å²) in [4.78, 5) is 8.22. The molecule has 0 fully saturated rings. The third kappa shape index (κ3) is 4.66. The molecule has 0 amide bonds. The zero-order valence-electron chi connectivity index (χ0n) is 15.4. The fourth-order valence-corrected chi connectivity index (χ4v) is 6.51. The molecule has 0 bridgehead atoms. The predicted molar refractivity (Wildman–Crippen MR) is 134 cm³/mol. The van der Waals surface area contributed by atoms with Crippen LogP contribution in [0.15, 0.2) is 47.5 Å². The summed E-state index contributed by atoms with van der Waals surface area (Å²) in [6, 6.07) is 16.6. The van der Waals surface area contributed by atoms with Crippen molar-refractivity contribution in [2.75, 3.05) is 6.54 Å².